The zero-order valence-electron chi connectivity index (χ0n) is 10.0. The molecule has 2 aliphatic rings. The summed E-state index contributed by atoms with van der Waals surface area (Å²) in [4.78, 5) is 0. The molecule has 1 saturated carbocycles. The Hall–Kier alpha value is -0.760. The summed E-state index contributed by atoms with van der Waals surface area (Å²) in [6.45, 7) is 8.38. The fraction of sp³-hybridized carbons (Fsp3) is 0.692. The smallest absolute Gasteiger partial charge is 0.153 e. The van der Waals surface area contributed by atoms with Crippen LogP contribution < -0.4 is 0 Å². The standard InChI is InChI=1S/C13H20O2/c1-9-5-6-10-12(2,3)8-7-11(14)13(10,4)15-9/h5-6,11,14H,7-8H2,1-4H3/t11-,13-/m1/s1. The third-order valence-corrected chi connectivity index (χ3v) is 3.80. The van der Waals surface area contributed by atoms with Crippen molar-refractivity contribution in [3.8, 4) is 0 Å². The van der Waals surface area contributed by atoms with Crippen molar-refractivity contribution in [2.45, 2.75) is 52.2 Å². The van der Waals surface area contributed by atoms with Crippen LogP contribution in [0.4, 0.5) is 0 Å². The number of fused-ring (bicyclic) bond motifs is 1. The highest BCUT2D eigenvalue weighted by molar-refractivity contribution is 5.35. The fourth-order valence-corrected chi connectivity index (χ4v) is 2.84. The van der Waals surface area contributed by atoms with E-state index in [1.165, 1.54) is 5.57 Å². The van der Waals surface area contributed by atoms with Crippen molar-refractivity contribution in [1.82, 2.24) is 0 Å². The van der Waals surface area contributed by atoms with Crippen LogP contribution >= 0.6 is 0 Å². The van der Waals surface area contributed by atoms with Crippen molar-refractivity contribution in [1.29, 1.82) is 0 Å². The van der Waals surface area contributed by atoms with E-state index in [-0.39, 0.29) is 11.5 Å². The first-order valence-corrected chi connectivity index (χ1v) is 5.63. The van der Waals surface area contributed by atoms with Gasteiger partial charge < -0.3 is 9.84 Å². The lowest BCUT2D eigenvalue weighted by Gasteiger charge is -2.49. The van der Waals surface area contributed by atoms with Crippen LogP contribution in [-0.2, 0) is 4.74 Å². The molecule has 2 nitrogen and oxygen atoms in total. The van der Waals surface area contributed by atoms with Gasteiger partial charge in [0.05, 0.1) is 11.9 Å². The molecule has 0 radical (unpaired) electrons. The van der Waals surface area contributed by atoms with Gasteiger partial charge in [-0.05, 0) is 43.8 Å². The Morgan fingerprint density at radius 1 is 1.33 bits per heavy atom. The molecule has 0 saturated heterocycles. The van der Waals surface area contributed by atoms with Gasteiger partial charge in [0.2, 0.25) is 0 Å². The highest BCUT2D eigenvalue weighted by atomic mass is 16.5. The van der Waals surface area contributed by atoms with Crippen LogP contribution in [0.5, 0.6) is 0 Å². The minimum absolute atomic E-state index is 0.130. The lowest BCUT2D eigenvalue weighted by atomic mass is 9.64. The van der Waals surface area contributed by atoms with E-state index in [1.54, 1.807) is 0 Å². The molecule has 15 heavy (non-hydrogen) atoms. The van der Waals surface area contributed by atoms with Crippen molar-refractivity contribution in [3.05, 3.63) is 23.5 Å². The number of ether oxygens (including phenoxy) is 1. The molecular weight excluding hydrogens is 188 g/mol. The summed E-state index contributed by atoms with van der Waals surface area (Å²) >= 11 is 0. The Morgan fingerprint density at radius 3 is 2.67 bits per heavy atom. The van der Waals surface area contributed by atoms with E-state index in [2.05, 4.69) is 19.9 Å². The first-order valence-electron chi connectivity index (χ1n) is 5.63. The van der Waals surface area contributed by atoms with Crippen LogP contribution in [-0.4, -0.2) is 16.8 Å². The molecule has 1 heterocycles. The van der Waals surface area contributed by atoms with Crippen molar-refractivity contribution >= 4 is 0 Å². The van der Waals surface area contributed by atoms with Gasteiger partial charge in [-0.2, -0.15) is 0 Å². The molecule has 0 amide bonds. The van der Waals surface area contributed by atoms with Crippen LogP contribution in [0.3, 0.4) is 0 Å². The highest BCUT2D eigenvalue weighted by Gasteiger charge is 2.49. The number of hydrogen-bond donors (Lipinski definition) is 1. The van der Waals surface area contributed by atoms with E-state index in [0.717, 1.165) is 18.6 Å². The van der Waals surface area contributed by atoms with Gasteiger partial charge in [0, 0.05) is 0 Å². The highest BCUT2D eigenvalue weighted by Crippen LogP contribution is 2.49. The normalized spacial score (nSPS) is 38.6. The maximum Gasteiger partial charge on any atom is 0.153 e. The molecule has 1 N–H and O–H groups in total. The minimum atomic E-state index is -0.513. The minimum Gasteiger partial charge on any atom is -0.485 e. The molecule has 2 rings (SSSR count). The molecule has 0 aromatic heterocycles. The zero-order valence-corrected chi connectivity index (χ0v) is 10.0. The van der Waals surface area contributed by atoms with Gasteiger partial charge in [0.1, 0.15) is 0 Å². The molecule has 1 fully saturated rings. The summed E-state index contributed by atoms with van der Waals surface area (Å²) in [5.74, 6) is 0.887. The van der Waals surface area contributed by atoms with Crippen LogP contribution in [0.2, 0.25) is 0 Å². The lowest BCUT2D eigenvalue weighted by molar-refractivity contribution is -0.0920. The largest absolute Gasteiger partial charge is 0.485 e. The van der Waals surface area contributed by atoms with Crippen LogP contribution in [0, 0.1) is 5.41 Å². The Labute approximate surface area is 91.6 Å². The van der Waals surface area contributed by atoms with E-state index in [4.69, 9.17) is 4.74 Å². The zero-order chi connectivity index (χ0) is 11.3. The van der Waals surface area contributed by atoms with Gasteiger partial charge >= 0.3 is 0 Å². The quantitative estimate of drug-likeness (QED) is 0.663. The monoisotopic (exact) mass is 208 g/mol. The maximum absolute atomic E-state index is 10.1. The van der Waals surface area contributed by atoms with Crippen molar-refractivity contribution in [2.75, 3.05) is 0 Å². The third-order valence-electron chi connectivity index (χ3n) is 3.80. The molecule has 2 atom stereocenters. The van der Waals surface area contributed by atoms with Gasteiger partial charge in [0.25, 0.3) is 0 Å². The van der Waals surface area contributed by atoms with E-state index < -0.39 is 5.60 Å². The Kier molecular flexibility index (Phi) is 2.23. The molecule has 0 spiro atoms. The topological polar surface area (TPSA) is 29.5 Å². The Bertz CT molecular complexity index is 338. The Balaban J connectivity index is 2.47. The first kappa shape index (κ1) is 10.7. The van der Waals surface area contributed by atoms with Gasteiger partial charge in [-0.3, -0.25) is 0 Å². The average Bonchev–Trinajstić information content (AvgIpc) is 2.11. The summed E-state index contributed by atoms with van der Waals surface area (Å²) in [6, 6.07) is 0. The van der Waals surface area contributed by atoms with Gasteiger partial charge in [-0.1, -0.05) is 19.9 Å². The third kappa shape index (κ3) is 1.51. The molecule has 0 unspecified atom stereocenters. The number of aliphatic hydroxyl groups excluding tert-OH is 1. The predicted octanol–water partition coefficient (Wildman–Crippen LogP) is 2.79. The summed E-state index contributed by atoms with van der Waals surface area (Å²) in [5.41, 5.74) is 0.838. The molecule has 2 heteroatoms. The second kappa shape index (κ2) is 3.11. The maximum atomic E-state index is 10.1. The van der Waals surface area contributed by atoms with Crippen molar-refractivity contribution in [2.24, 2.45) is 5.41 Å². The number of aliphatic hydroxyl groups is 1. The van der Waals surface area contributed by atoms with Crippen LogP contribution in [0.15, 0.2) is 23.5 Å². The molecule has 0 bridgehead atoms. The molecule has 0 aromatic carbocycles. The molecule has 0 aromatic rings. The second-order valence-electron chi connectivity index (χ2n) is 5.51. The van der Waals surface area contributed by atoms with Crippen LogP contribution in [0.1, 0.15) is 40.5 Å². The Morgan fingerprint density at radius 2 is 2.00 bits per heavy atom. The van der Waals surface area contributed by atoms with E-state index in [0.29, 0.717) is 0 Å². The predicted molar refractivity (Wildman–Crippen MR) is 60.4 cm³/mol. The van der Waals surface area contributed by atoms with Crippen molar-refractivity contribution < 1.29 is 9.84 Å². The lowest BCUT2D eigenvalue weighted by Crippen LogP contribution is -2.52. The van der Waals surface area contributed by atoms with Crippen molar-refractivity contribution in [3.63, 3.8) is 0 Å². The number of rotatable bonds is 0. The van der Waals surface area contributed by atoms with Crippen LogP contribution in [0.25, 0.3) is 0 Å². The second-order valence-corrected chi connectivity index (χ2v) is 5.51. The van der Waals surface area contributed by atoms with Gasteiger partial charge in [-0.15, -0.1) is 0 Å². The first-order chi connectivity index (χ1) is 6.86. The molecule has 1 aliphatic heterocycles. The SMILES string of the molecule is CC1=CC=C2C(C)(C)CC[C@@H](O)[C@]2(C)O1. The average molecular weight is 208 g/mol. The number of hydrogen-bond acceptors (Lipinski definition) is 2. The summed E-state index contributed by atoms with van der Waals surface area (Å²) < 4.78 is 5.87. The van der Waals surface area contributed by atoms with Gasteiger partial charge in [-0.25, -0.2) is 0 Å². The van der Waals surface area contributed by atoms with E-state index in [9.17, 15) is 5.11 Å². The number of allylic oxidation sites excluding steroid dienone is 3. The van der Waals surface area contributed by atoms with Gasteiger partial charge in [0.15, 0.2) is 5.60 Å². The molecule has 1 aliphatic carbocycles. The summed E-state index contributed by atoms with van der Waals surface area (Å²) in [6.07, 6.45) is 5.57. The fourth-order valence-electron chi connectivity index (χ4n) is 2.84. The van der Waals surface area contributed by atoms with E-state index in [1.807, 2.05) is 19.9 Å². The molecule has 84 valence electrons. The summed E-state index contributed by atoms with van der Waals surface area (Å²) in [7, 11) is 0. The van der Waals surface area contributed by atoms with E-state index >= 15 is 0 Å². The summed E-state index contributed by atoms with van der Waals surface area (Å²) in [5, 5.41) is 10.1. The molecular formula is C13H20O2.